The zero-order valence-electron chi connectivity index (χ0n) is 18.0. The SMILES string of the molecule is COCCN(C(=O)O)C1CCN(c2nc(-c3c(O)cccc3F)nc3cc(C)ccc23)C1. The summed E-state index contributed by atoms with van der Waals surface area (Å²) in [6.45, 7) is 3.56. The summed E-state index contributed by atoms with van der Waals surface area (Å²) >= 11 is 0. The number of halogens is 1. The number of hydrogen-bond donors (Lipinski definition) is 2. The van der Waals surface area contributed by atoms with Crippen molar-refractivity contribution in [2.45, 2.75) is 19.4 Å². The Morgan fingerprint density at radius 3 is 2.84 bits per heavy atom. The number of methoxy groups -OCH3 is 1. The van der Waals surface area contributed by atoms with Gasteiger partial charge in [-0.1, -0.05) is 12.1 Å². The topological polar surface area (TPSA) is 99.0 Å². The Morgan fingerprint density at radius 1 is 1.31 bits per heavy atom. The zero-order valence-corrected chi connectivity index (χ0v) is 18.0. The van der Waals surface area contributed by atoms with Crippen LogP contribution in [0.15, 0.2) is 36.4 Å². The summed E-state index contributed by atoms with van der Waals surface area (Å²) in [5.41, 5.74) is 1.56. The molecular formula is C23H25FN4O4. The summed E-state index contributed by atoms with van der Waals surface area (Å²) in [6.07, 6.45) is -0.359. The van der Waals surface area contributed by atoms with E-state index < -0.39 is 11.9 Å². The van der Waals surface area contributed by atoms with Crippen LogP contribution in [0.1, 0.15) is 12.0 Å². The van der Waals surface area contributed by atoms with Crippen molar-refractivity contribution in [3.05, 3.63) is 47.8 Å². The number of anilines is 1. The van der Waals surface area contributed by atoms with Crippen molar-refractivity contribution in [3.8, 4) is 17.1 Å². The Bertz CT molecular complexity index is 1140. The summed E-state index contributed by atoms with van der Waals surface area (Å²) in [7, 11) is 1.54. The summed E-state index contributed by atoms with van der Waals surface area (Å²) in [4.78, 5) is 24.3. The molecule has 0 bridgehead atoms. The number of aryl methyl sites for hydroxylation is 1. The van der Waals surface area contributed by atoms with Crippen molar-refractivity contribution < 1.29 is 24.1 Å². The van der Waals surface area contributed by atoms with E-state index in [-0.39, 0.29) is 29.7 Å². The highest BCUT2D eigenvalue weighted by Crippen LogP contribution is 2.35. The second-order valence-corrected chi connectivity index (χ2v) is 7.88. The van der Waals surface area contributed by atoms with Gasteiger partial charge in [0.15, 0.2) is 5.82 Å². The Labute approximate surface area is 184 Å². The molecule has 8 nitrogen and oxygen atoms in total. The van der Waals surface area contributed by atoms with Gasteiger partial charge in [-0.25, -0.2) is 19.2 Å². The maximum Gasteiger partial charge on any atom is 0.407 e. The average molecular weight is 440 g/mol. The number of ether oxygens (including phenoxy) is 1. The Hall–Kier alpha value is -3.46. The molecule has 1 atom stereocenters. The molecule has 1 saturated heterocycles. The molecule has 32 heavy (non-hydrogen) atoms. The van der Waals surface area contributed by atoms with E-state index in [0.717, 1.165) is 10.9 Å². The van der Waals surface area contributed by atoms with Crippen LogP contribution in [-0.2, 0) is 4.74 Å². The van der Waals surface area contributed by atoms with Crippen molar-refractivity contribution in [2.24, 2.45) is 0 Å². The lowest BCUT2D eigenvalue weighted by Crippen LogP contribution is -2.43. The number of fused-ring (bicyclic) bond motifs is 1. The summed E-state index contributed by atoms with van der Waals surface area (Å²) in [6, 6.07) is 9.61. The Balaban J connectivity index is 1.76. The van der Waals surface area contributed by atoms with Crippen LogP contribution in [-0.4, -0.2) is 70.6 Å². The molecule has 0 spiro atoms. The predicted octanol–water partition coefficient (Wildman–Crippen LogP) is 3.66. The number of carbonyl (C=O) groups is 1. The number of aromatic hydroxyl groups is 1. The molecule has 4 rings (SSSR count). The van der Waals surface area contributed by atoms with Crippen molar-refractivity contribution in [1.82, 2.24) is 14.9 Å². The molecule has 1 aromatic heterocycles. The van der Waals surface area contributed by atoms with E-state index in [1.165, 1.54) is 30.2 Å². The number of hydrogen-bond acceptors (Lipinski definition) is 6. The largest absolute Gasteiger partial charge is 0.507 e. The Kier molecular flexibility index (Phi) is 6.09. The van der Waals surface area contributed by atoms with Crippen molar-refractivity contribution in [1.29, 1.82) is 0 Å². The van der Waals surface area contributed by atoms with E-state index in [0.29, 0.717) is 37.5 Å². The second-order valence-electron chi connectivity index (χ2n) is 7.88. The number of carboxylic acid groups (broad SMARTS) is 1. The van der Waals surface area contributed by atoms with E-state index >= 15 is 0 Å². The van der Waals surface area contributed by atoms with Crippen molar-refractivity contribution >= 4 is 22.8 Å². The lowest BCUT2D eigenvalue weighted by Gasteiger charge is -2.26. The third-order valence-corrected chi connectivity index (χ3v) is 5.73. The molecule has 0 saturated carbocycles. The number of nitrogens with zero attached hydrogens (tertiary/aromatic N) is 4. The highest BCUT2D eigenvalue weighted by molar-refractivity contribution is 5.92. The van der Waals surface area contributed by atoms with Crippen LogP contribution in [0, 0.1) is 12.7 Å². The summed E-state index contributed by atoms with van der Waals surface area (Å²) in [5, 5.41) is 20.7. The van der Waals surface area contributed by atoms with Crippen molar-refractivity contribution in [2.75, 3.05) is 38.3 Å². The molecule has 1 aliphatic heterocycles. The lowest BCUT2D eigenvalue weighted by molar-refractivity contribution is 0.102. The summed E-state index contributed by atoms with van der Waals surface area (Å²) in [5.74, 6) is -0.170. The maximum atomic E-state index is 14.6. The van der Waals surface area contributed by atoms with E-state index in [1.807, 2.05) is 30.0 Å². The molecular weight excluding hydrogens is 415 g/mol. The van der Waals surface area contributed by atoms with Gasteiger partial charge in [0.2, 0.25) is 0 Å². The van der Waals surface area contributed by atoms with E-state index in [9.17, 15) is 19.4 Å². The van der Waals surface area contributed by atoms with E-state index in [4.69, 9.17) is 4.74 Å². The number of aromatic nitrogens is 2. The van der Waals surface area contributed by atoms with Gasteiger partial charge in [0.25, 0.3) is 0 Å². The van der Waals surface area contributed by atoms with E-state index in [1.54, 1.807) is 0 Å². The molecule has 1 amide bonds. The first-order valence-electron chi connectivity index (χ1n) is 10.4. The molecule has 9 heteroatoms. The first kappa shape index (κ1) is 21.8. The fraction of sp³-hybridized carbons (Fsp3) is 0.348. The van der Waals surface area contributed by atoms with Gasteiger partial charge in [-0.2, -0.15) is 0 Å². The highest BCUT2D eigenvalue weighted by atomic mass is 19.1. The molecule has 0 radical (unpaired) electrons. The van der Waals surface area contributed by atoms with Crippen LogP contribution in [0.25, 0.3) is 22.3 Å². The van der Waals surface area contributed by atoms with E-state index in [2.05, 4.69) is 9.97 Å². The molecule has 0 aliphatic carbocycles. The molecule has 3 aromatic rings. The number of amides is 1. The first-order chi connectivity index (χ1) is 15.4. The van der Waals surface area contributed by atoms with Crippen LogP contribution < -0.4 is 4.90 Å². The van der Waals surface area contributed by atoms with Crippen molar-refractivity contribution in [3.63, 3.8) is 0 Å². The third kappa shape index (κ3) is 4.16. The molecule has 2 heterocycles. The lowest BCUT2D eigenvalue weighted by atomic mass is 10.1. The first-order valence-corrected chi connectivity index (χ1v) is 10.4. The van der Waals surface area contributed by atoms with Gasteiger partial charge >= 0.3 is 6.09 Å². The molecule has 1 aliphatic rings. The van der Waals surface area contributed by atoms with Gasteiger partial charge in [-0.3, -0.25) is 0 Å². The van der Waals surface area contributed by atoms with Crippen LogP contribution in [0.5, 0.6) is 5.75 Å². The van der Waals surface area contributed by atoms with Gasteiger partial charge in [0.1, 0.15) is 17.4 Å². The minimum atomic E-state index is -0.992. The quantitative estimate of drug-likeness (QED) is 0.604. The van der Waals surface area contributed by atoms with Crippen LogP contribution in [0.2, 0.25) is 0 Å². The summed E-state index contributed by atoms with van der Waals surface area (Å²) < 4.78 is 19.6. The molecule has 2 N–H and O–H groups in total. The predicted molar refractivity (Wildman–Crippen MR) is 119 cm³/mol. The molecule has 1 fully saturated rings. The smallest absolute Gasteiger partial charge is 0.407 e. The molecule has 1 unspecified atom stereocenters. The van der Waals surface area contributed by atoms with Crippen LogP contribution in [0.4, 0.5) is 15.0 Å². The van der Waals surface area contributed by atoms with Gasteiger partial charge in [-0.15, -0.1) is 0 Å². The maximum absolute atomic E-state index is 14.6. The van der Waals surface area contributed by atoms with Crippen LogP contribution in [0.3, 0.4) is 0 Å². The minimum absolute atomic E-state index is 0.0554. The minimum Gasteiger partial charge on any atom is -0.507 e. The van der Waals surface area contributed by atoms with Crippen LogP contribution >= 0.6 is 0 Å². The molecule has 168 valence electrons. The fourth-order valence-corrected chi connectivity index (χ4v) is 4.12. The Morgan fingerprint density at radius 2 is 2.12 bits per heavy atom. The third-order valence-electron chi connectivity index (χ3n) is 5.73. The highest BCUT2D eigenvalue weighted by Gasteiger charge is 2.32. The van der Waals surface area contributed by atoms with Gasteiger partial charge < -0.3 is 24.7 Å². The number of benzene rings is 2. The molecule has 2 aromatic carbocycles. The second kappa shape index (κ2) is 8.96. The van der Waals surface area contributed by atoms with Gasteiger partial charge in [0, 0.05) is 32.1 Å². The van der Waals surface area contributed by atoms with Gasteiger partial charge in [-0.05, 0) is 43.2 Å². The monoisotopic (exact) mass is 440 g/mol. The fourth-order valence-electron chi connectivity index (χ4n) is 4.12. The standard InChI is InChI=1S/C23H25FN4O4/c1-14-6-7-16-18(12-14)25-21(20-17(24)4-3-5-19(20)29)26-22(16)27-9-8-15(13-27)28(23(30)31)10-11-32-2/h3-7,12,15,29H,8-11,13H2,1-2H3,(H,30,31). The zero-order chi connectivity index (χ0) is 22.8. The number of rotatable bonds is 6. The number of phenolic OH excluding ortho intramolecular Hbond substituents is 1. The van der Waals surface area contributed by atoms with Gasteiger partial charge in [0.05, 0.1) is 23.7 Å². The normalized spacial score (nSPS) is 16.0. The number of phenols is 1. The average Bonchev–Trinajstić information content (AvgIpc) is 3.22.